The SMILES string of the molecule is COc1ccc(C2OC(=O)C(C3(OC)C=CC4=C(C3)OCO4)=C2Cc2ccc(OC)c(C)c2)cc1. The fraction of sp³-hybridized carbons (Fsp3) is 0.321. The van der Waals surface area contributed by atoms with Gasteiger partial charge < -0.3 is 28.4 Å². The highest BCUT2D eigenvalue weighted by Gasteiger charge is 2.49. The van der Waals surface area contributed by atoms with Crippen LogP contribution in [0, 0.1) is 6.92 Å². The van der Waals surface area contributed by atoms with E-state index >= 15 is 0 Å². The van der Waals surface area contributed by atoms with E-state index < -0.39 is 17.7 Å². The van der Waals surface area contributed by atoms with Gasteiger partial charge in [-0.05, 0) is 66.0 Å². The van der Waals surface area contributed by atoms with Gasteiger partial charge >= 0.3 is 5.97 Å². The summed E-state index contributed by atoms with van der Waals surface area (Å²) in [6.07, 6.45) is 3.98. The molecule has 2 unspecified atom stereocenters. The number of carbonyl (C=O) groups excluding carboxylic acids is 1. The number of rotatable bonds is 7. The second kappa shape index (κ2) is 9.15. The summed E-state index contributed by atoms with van der Waals surface area (Å²) in [5.74, 6) is 2.48. The summed E-state index contributed by atoms with van der Waals surface area (Å²) in [6, 6.07) is 13.6. The van der Waals surface area contributed by atoms with Crippen molar-refractivity contribution < 1.29 is 33.2 Å². The van der Waals surface area contributed by atoms with Gasteiger partial charge in [0.1, 0.15) is 29.0 Å². The number of cyclic esters (lactones) is 1. The standard InChI is InChI=1S/C28H28O7/c1-17-13-18(5-10-22(17)31-3)14-21-25(28(32-4)12-11-23-24(15-28)34-16-33-23)27(29)35-26(21)19-6-8-20(30-2)9-7-19/h5-13,26H,14-16H2,1-4H3. The lowest BCUT2D eigenvalue weighted by Crippen LogP contribution is -2.37. The van der Waals surface area contributed by atoms with Crippen molar-refractivity contribution in [2.75, 3.05) is 28.1 Å². The van der Waals surface area contributed by atoms with E-state index in [9.17, 15) is 4.79 Å². The van der Waals surface area contributed by atoms with Crippen molar-refractivity contribution in [2.24, 2.45) is 0 Å². The van der Waals surface area contributed by atoms with E-state index in [4.69, 9.17) is 28.4 Å². The number of allylic oxidation sites excluding steroid dienone is 1. The van der Waals surface area contributed by atoms with Gasteiger partial charge in [-0.15, -0.1) is 0 Å². The topological polar surface area (TPSA) is 72.5 Å². The van der Waals surface area contributed by atoms with E-state index in [-0.39, 0.29) is 6.79 Å². The van der Waals surface area contributed by atoms with Crippen molar-refractivity contribution in [1.82, 2.24) is 0 Å². The minimum Gasteiger partial charge on any atom is -0.497 e. The fourth-order valence-electron chi connectivity index (χ4n) is 4.96. The minimum absolute atomic E-state index is 0.157. The zero-order valence-electron chi connectivity index (χ0n) is 20.3. The zero-order chi connectivity index (χ0) is 24.6. The Morgan fingerprint density at radius 1 is 1.03 bits per heavy atom. The second-order valence-corrected chi connectivity index (χ2v) is 8.74. The molecule has 0 aromatic heterocycles. The van der Waals surface area contributed by atoms with E-state index in [1.807, 2.05) is 55.5 Å². The first-order valence-electron chi connectivity index (χ1n) is 11.4. The number of hydrogen-bond acceptors (Lipinski definition) is 7. The monoisotopic (exact) mass is 476 g/mol. The molecule has 0 spiro atoms. The molecule has 2 aromatic rings. The maximum absolute atomic E-state index is 13.5. The average Bonchev–Trinajstić information content (AvgIpc) is 3.47. The molecule has 5 rings (SSSR count). The maximum Gasteiger partial charge on any atom is 0.338 e. The van der Waals surface area contributed by atoms with Crippen LogP contribution in [0.25, 0.3) is 0 Å². The Morgan fingerprint density at radius 2 is 1.83 bits per heavy atom. The van der Waals surface area contributed by atoms with Crippen LogP contribution in [0.3, 0.4) is 0 Å². The van der Waals surface area contributed by atoms with Gasteiger partial charge in [0.15, 0.2) is 5.76 Å². The molecule has 2 heterocycles. The van der Waals surface area contributed by atoms with Gasteiger partial charge in [0.05, 0.1) is 19.8 Å². The van der Waals surface area contributed by atoms with Gasteiger partial charge in [-0.1, -0.05) is 24.3 Å². The molecule has 182 valence electrons. The summed E-state index contributed by atoms with van der Waals surface area (Å²) in [5, 5.41) is 0. The van der Waals surface area contributed by atoms with Crippen LogP contribution in [-0.2, 0) is 30.2 Å². The van der Waals surface area contributed by atoms with Crippen molar-refractivity contribution in [3.63, 3.8) is 0 Å². The molecule has 1 aliphatic carbocycles. The third-order valence-corrected chi connectivity index (χ3v) is 6.78. The maximum atomic E-state index is 13.5. The van der Waals surface area contributed by atoms with Crippen molar-refractivity contribution in [3.05, 3.63) is 94.0 Å². The lowest BCUT2D eigenvalue weighted by Gasteiger charge is -2.32. The highest BCUT2D eigenvalue weighted by molar-refractivity contribution is 5.95. The van der Waals surface area contributed by atoms with Gasteiger partial charge in [0, 0.05) is 13.5 Å². The number of aryl methyl sites for hydroxylation is 1. The summed E-state index contributed by atoms with van der Waals surface area (Å²) in [4.78, 5) is 13.5. The van der Waals surface area contributed by atoms with Gasteiger partial charge in [-0.2, -0.15) is 0 Å². The van der Waals surface area contributed by atoms with Gasteiger partial charge in [-0.3, -0.25) is 0 Å². The molecule has 0 saturated carbocycles. The molecule has 35 heavy (non-hydrogen) atoms. The molecule has 0 amide bonds. The summed E-state index contributed by atoms with van der Waals surface area (Å²) >= 11 is 0. The molecule has 2 atom stereocenters. The molecule has 2 aromatic carbocycles. The van der Waals surface area contributed by atoms with Crippen molar-refractivity contribution in [2.45, 2.75) is 31.5 Å². The third-order valence-electron chi connectivity index (χ3n) is 6.78. The van der Waals surface area contributed by atoms with Crippen LogP contribution in [0.2, 0.25) is 0 Å². The number of esters is 1. The average molecular weight is 477 g/mol. The smallest absolute Gasteiger partial charge is 0.338 e. The molecule has 7 nitrogen and oxygen atoms in total. The van der Waals surface area contributed by atoms with E-state index in [1.165, 1.54) is 0 Å². The number of ether oxygens (including phenoxy) is 6. The third kappa shape index (κ3) is 4.06. The first-order chi connectivity index (χ1) is 17.0. The Labute approximate surface area is 204 Å². The summed E-state index contributed by atoms with van der Waals surface area (Å²) < 4.78 is 34.0. The number of methoxy groups -OCH3 is 3. The first kappa shape index (κ1) is 23.1. The zero-order valence-corrected chi connectivity index (χ0v) is 20.3. The normalized spacial score (nSPS) is 23.1. The highest BCUT2D eigenvalue weighted by Crippen LogP contribution is 2.47. The van der Waals surface area contributed by atoms with E-state index in [1.54, 1.807) is 21.3 Å². The predicted molar refractivity (Wildman–Crippen MR) is 128 cm³/mol. The second-order valence-electron chi connectivity index (χ2n) is 8.74. The number of benzene rings is 2. The molecule has 0 saturated heterocycles. The quantitative estimate of drug-likeness (QED) is 0.536. The lowest BCUT2D eigenvalue weighted by molar-refractivity contribution is -0.142. The van der Waals surface area contributed by atoms with Crippen LogP contribution < -0.4 is 9.47 Å². The van der Waals surface area contributed by atoms with Crippen molar-refractivity contribution in [3.8, 4) is 11.5 Å². The predicted octanol–water partition coefficient (Wildman–Crippen LogP) is 4.71. The molecular formula is C28H28O7. The van der Waals surface area contributed by atoms with Gasteiger partial charge in [0.2, 0.25) is 6.79 Å². The molecular weight excluding hydrogens is 448 g/mol. The molecule has 7 heteroatoms. The fourth-order valence-corrected chi connectivity index (χ4v) is 4.96. The van der Waals surface area contributed by atoms with Crippen molar-refractivity contribution >= 4 is 5.97 Å². The van der Waals surface area contributed by atoms with Crippen LogP contribution in [0.15, 0.2) is 77.3 Å². The van der Waals surface area contributed by atoms with Crippen molar-refractivity contribution in [1.29, 1.82) is 0 Å². The molecule has 0 radical (unpaired) electrons. The van der Waals surface area contributed by atoms with E-state index in [2.05, 4.69) is 6.07 Å². The van der Waals surface area contributed by atoms with E-state index in [0.717, 1.165) is 33.8 Å². The Bertz CT molecular complexity index is 1240. The molecule has 3 aliphatic rings. The first-order valence-corrected chi connectivity index (χ1v) is 11.4. The summed E-state index contributed by atoms with van der Waals surface area (Å²) in [6.45, 7) is 2.16. The Hall–Kier alpha value is -3.71. The molecule has 0 fully saturated rings. The Morgan fingerprint density at radius 3 is 2.51 bits per heavy atom. The molecule has 0 bridgehead atoms. The van der Waals surface area contributed by atoms with Crippen LogP contribution in [0.1, 0.15) is 29.2 Å². The number of carbonyl (C=O) groups is 1. The van der Waals surface area contributed by atoms with Gasteiger partial charge in [-0.25, -0.2) is 4.79 Å². The van der Waals surface area contributed by atoms with Gasteiger partial charge in [0.25, 0.3) is 0 Å². The largest absolute Gasteiger partial charge is 0.497 e. The molecule has 0 N–H and O–H groups in total. The van der Waals surface area contributed by atoms with Crippen LogP contribution in [-0.4, -0.2) is 39.7 Å². The highest BCUT2D eigenvalue weighted by atomic mass is 16.7. The summed E-state index contributed by atoms with van der Waals surface area (Å²) in [7, 11) is 4.87. The van der Waals surface area contributed by atoms with Crippen LogP contribution in [0.5, 0.6) is 11.5 Å². The van der Waals surface area contributed by atoms with Crippen LogP contribution in [0.4, 0.5) is 0 Å². The Balaban J connectivity index is 1.62. The lowest BCUT2D eigenvalue weighted by atomic mass is 9.80. The summed E-state index contributed by atoms with van der Waals surface area (Å²) in [5.41, 5.74) is 3.23. The van der Waals surface area contributed by atoms with E-state index in [0.29, 0.717) is 29.9 Å². The number of hydrogen-bond donors (Lipinski definition) is 0. The molecule has 2 aliphatic heterocycles. The minimum atomic E-state index is -1.03. The Kier molecular flexibility index (Phi) is 6.03. The van der Waals surface area contributed by atoms with Crippen LogP contribution >= 0.6 is 0 Å².